The van der Waals surface area contributed by atoms with Crippen LogP contribution in [0.2, 0.25) is 0 Å². The van der Waals surface area contributed by atoms with Gasteiger partial charge < -0.3 is 9.47 Å². The Morgan fingerprint density at radius 1 is 1.27 bits per heavy atom. The molecule has 0 heterocycles. The fourth-order valence-corrected chi connectivity index (χ4v) is 1.96. The third-order valence-electron chi connectivity index (χ3n) is 2.64. The maximum Gasteiger partial charge on any atom is 0.126 e. The first-order valence-corrected chi connectivity index (χ1v) is 5.36. The lowest BCUT2D eigenvalue weighted by Crippen LogP contribution is -2.03. The summed E-state index contributed by atoms with van der Waals surface area (Å²) in [5.74, 6) is 1.93. The molecule has 2 heteroatoms. The van der Waals surface area contributed by atoms with Gasteiger partial charge in [0.15, 0.2) is 0 Å². The summed E-state index contributed by atoms with van der Waals surface area (Å²) in [7, 11) is 1.71. The summed E-state index contributed by atoms with van der Waals surface area (Å²) in [5, 5.41) is 0. The second kappa shape index (κ2) is 4.39. The summed E-state index contributed by atoms with van der Waals surface area (Å²) in [6.07, 6.45) is 6.43. The Hall–Kier alpha value is -1.44. The minimum atomic E-state index is 0.711. The molecular formula is C13H16O2. The molecule has 80 valence electrons. The highest BCUT2D eigenvalue weighted by Gasteiger charge is 2.14. The third kappa shape index (κ3) is 1.84. The average molecular weight is 204 g/mol. The molecule has 2 nitrogen and oxygen atoms in total. The maximum absolute atomic E-state index is 5.61. The Labute approximate surface area is 90.5 Å². The van der Waals surface area contributed by atoms with E-state index in [1.54, 1.807) is 7.11 Å². The lowest BCUT2D eigenvalue weighted by molar-refractivity contribution is 0.334. The van der Waals surface area contributed by atoms with Crippen LogP contribution in [0.3, 0.4) is 0 Å². The molecule has 0 radical (unpaired) electrons. The number of benzene rings is 1. The summed E-state index contributed by atoms with van der Waals surface area (Å²) >= 11 is 0. The highest BCUT2D eigenvalue weighted by atomic mass is 16.5. The molecule has 0 amide bonds. The number of hydrogen-bond donors (Lipinski definition) is 0. The van der Waals surface area contributed by atoms with Crippen LogP contribution in [0.4, 0.5) is 0 Å². The standard InChI is InChI=1S/C13H16O2/c1-3-15-13-9-8-12(14-2)10-6-4-5-7-11(10)13/h4,6,8-9H,3,5,7H2,1-2H3. The number of hydrogen-bond acceptors (Lipinski definition) is 2. The molecule has 2 rings (SSSR count). The summed E-state index contributed by atoms with van der Waals surface area (Å²) in [4.78, 5) is 0. The van der Waals surface area contributed by atoms with Crippen LogP contribution >= 0.6 is 0 Å². The van der Waals surface area contributed by atoms with E-state index in [-0.39, 0.29) is 0 Å². The zero-order valence-corrected chi connectivity index (χ0v) is 9.25. The van der Waals surface area contributed by atoms with Crippen LogP contribution in [0, 0.1) is 0 Å². The molecular weight excluding hydrogens is 188 g/mol. The molecule has 0 saturated heterocycles. The van der Waals surface area contributed by atoms with Gasteiger partial charge >= 0.3 is 0 Å². The average Bonchev–Trinajstić information content (AvgIpc) is 2.30. The highest BCUT2D eigenvalue weighted by molar-refractivity contribution is 5.66. The Morgan fingerprint density at radius 3 is 2.80 bits per heavy atom. The van der Waals surface area contributed by atoms with Crippen molar-refractivity contribution in [3.63, 3.8) is 0 Å². The largest absolute Gasteiger partial charge is 0.496 e. The molecule has 0 fully saturated rings. The predicted octanol–water partition coefficient (Wildman–Crippen LogP) is 3.05. The summed E-state index contributed by atoms with van der Waals surface area (Å²) < 4.78 is 11.0. The lowest BCUT2D eigenvalue weighted by atomic mass is 9.95. The van der Waals surface area contributed by atoms with Gasteiger partial charge in [0.2, 0.25) is 0 Å². The molecule has 0 N–H and O–H groups in total. The molecule has 15 heavy (non-hydrogen) atoms. The number of fused-ring (bicyclic) bond motifs is 1. The van der Waals surface area contributed by atoms with Crippen molar-refractivity contribution in [1.82, 2.24) is 0 Å². The van der Waals surface area contributed by atoms with E-state index < -0.39 is 0 Å². The van der Waals surface area contributed by atoms with E-state index in [0.717, 1.165) is 24.3 Å². The quantitative estimate of drug-likeness (QED) is 0.753. The molecule has 1 aromatic rings. The number of ether oxygens (including phenoxy) is 2. The molecule has 0 unspecified atom stereocenters. The first kappa shape index (κ1) is 10.1. The second-order valence-electron chi connectivity index (χ2n) is 3.53. The zero-order valence-electron chi connectivity index (χ0n) is 9.25. The Kier molecular flexibility index (Phi) is 2.95. The molecule has 0 aliphatic heterocycles. The van der Waals surface area contributed by atoms with E-state index in [4.69, 9.17) is 9.47 Å². The van der Waals surface area contributed by atoms with E-state index in [1.165, 1.54) is 11.1 Å². The topological polar surface area (TPSA) is 18.5 Å². The first-order chi connectivity index (χ1) is 7.36. The van der Waals surface area contributed by atoms with Crippen LogP contribution in [0.25, 0.3) is 6.08 Å². The van der Waals surface area contributed by atoms with Crippen molar-refractivity contribution in [3.05, 3.63) is 29.3 Å². The smallest absolute Gasteiger partial charge is 0.126 e. The van der Waals surface area contributed by atoms with Crippen molar-refractivity contribution >= 4 is 6.08 Å². The van der Waals surface area contributed by atoms with E-state index in [9.17, 15) is 0 Å². The van der Waals surface area contributed by atoms with E-state index in [1.807, 2.05) is 19.1 Å². The van der Waals surface area contributed by atoms with Gasteiger partial charge in [-0.05, 0) is 31.9 Å². The summed E-state index contributed by atoms with van der Waals surface area (Å²) in [6.45, 7) is 2.72. The Balaban J connectivity index is 2.49. The number of allylic oxidation sites excluding steroid dienone is 1. The van der Waals surface area contributed by atoms with Gasteiger partial charge in [0.05, 0.1) is 13.7 Å². The minimum absolute atomic E-state index is 0.711. The van der Waals surface area contributed by atoms with Gasteiger partial charge in [0.1, 0.15) is 11.5 Å². The van der Waals surface area contributed by atoms with Crippen molar-refractivity contribution in [3.8, 4) is 11.5 Å². The second-order valence-corrected chi connectivity index (χ2v) is 3.53. The molecule has 1 aliphatic carbocycles. The van der Waals surface area contributed by atoms with Crippen LogP contribution in [-0.2, 0) is 6.42 Å². The minimum Gasteiger partial charge on any atom is -0.496 e. The molecule has 0 bridgehead atoms. The van der Waals surface area contributed by atoms with E-state index >= 15 is 0 Å². The van der Waals surface area contributed by atoms with Crippen molar-refractivity contribution in [2.24, 2.45) is 0 Å². The fourth-order valence-electron chi connectivity index (χ4n) is 1.96. The third-order valence-corrected chi connectivity index (χ3v) is 2.64. The van der Waals surface area contributed by atoms with Gasteiger partial charge in [0, 0.05) is 11.1 Å². The number of rotatable bonds is 3. The van der Waals surface area contributed by atoms with E-state index in [0.29, 0.717) is 6.61 Å². The van der Waals surface area contributed by atoms with Gasteiger partial charge in [-0.3, -0.25) is 0 Å². The number of methoxy groups -OCH3 is 1. The van der Waals surface area contributed by atoms with E-state index in [2.05, 4.69) is 12.2 Å². The molecule has 0 spiro atoms. The predicted molar refractivity (Wildman–Crippen MR) is 61.5 cm³/mol. The molecule has 1 aromatic carbocycles. The summed E-state index contributed by atoms with van der Waals surface area (Å²) in [6, 6.07) is 3.97. The van der Waals surface area contributed by atoms with Gasteiger partial charge in [-0.1, -0.05) is 12.2 Å². The van der Waals surface area contributed by atoms with Gasteiger partial charge in [-0.25, -0.2) is 0 Å². The lowest BCUT2D eigenvalue weighted by Gasteiger charge is -2.18. The Morgan fingerprint density at radius 2 is 2.07 bits per heavy atom. The van der Waals surface area contributed by atoms with Crippen molar-refractivity contribution in [1.29, 1.82) is 0 Å². The zero-order chi connectivity index (χ0) is 10.7. The van der Waals surface area contributed by atoms with Crippen LogP contribution < -0.4 is 9.47 Å². The van der Waals surface area contributed by atoms with Crippen LogP contribution in [-0.4, -0.2) is 13.7 Å². The molecule has 0 saturated carbocycles. The highest BCUT2D eigenvalue weighted by Crippen LogP contribution is 2.35. The molecule has 0 aromatic heterocycles. The van der Waals surface area contributed by atoms with Crippen LogP contribution in [0.5, 0.6) is 11.5 Å². The van der Waals surface area contributed by atoms with Gasteiger partial charge in [0.25, 0.3) is 0 Å². The Bertz CT molecular complexity index is 380. The van der Waals surface area contributed by atoms with Gasteiger partial charge in [-0.2, -0.15) is 0 Å². The van der Waals surface area contributed by atoms with Gasteiger partial charge in [-0.15, -0.1) is 0 Å². The molecule has 1 aliphatic rings. The van der Waals surface area contributed by atoms with Crippen molar-refractivity contribution < 1.29 is 9.47 Å². The first-order valence-electron chi connectivity index (χ1n) is 5.36. The van der Waals surface area contributed by atoms with Crippen molar-refractivity contribution in [2.45, 2.75) is 19.8 Å². The normalized spacial score (nSPS) is 13.5. The summed E-state index contributed by atoms with van der Waals surface area (Å²) in [5.41, 5.74) is 2.45. The van der Waals surface area contributed by atoms with Crippen LogP contribution in [0.15, 0.2) is 18.2 Å². The molecule has 0 atom stereocenters. The van der Waals surface area contributed by atoms with Crippen LogP contribution in [0.1, 0.15) is 24.5 Å². The van der Waals surface area contributed by atoms with Crippen molar-refractivity contribution in [2.75, 3.05) is 13.7 Å². The monoisotopic (exact) mass is 204 g/mol. The SMILES string of the molecule is CCOc1ccc(OC)c2c1CCC=C2. The maximum atomic E-state index is 5.61. The fraction of sp³-hybridized carbons (Fsp3) is 0.385.